The quantitative estimate of drug-likeness (QED) is 0.375. The third-order valence-corrected chi connectivity index (χ3v) is 7.36. The van der Waals surface area contributed by atoms with Crippen molar-refractivity contribution < 1.29 is 24.6 Å². The Balaban J connectivity index is 1.65. The maximum atomic E-state index is 12.4. The maximum absolute atomic E-state index is 12.4. The summed E-state index contributed by atoms with van der Waals surface area (Å²) in [6.45, 7) is 4.90. The van der Waals surface area contributed by atoms with E-state index in [0.29, 0.717) is 25.5 Å². The average Bonchev–Trinajstić information content (AvgIpc) is 3.40. The number of nitrogens with zero attached hydrogens (tertiary/aromatic N) is 3. The summed E-state index contributed by atoms with van der Waals surface area (Å²) in [6.07, 6.45) is 3.15. The van der Waals surface area contributed by atoms with Crippen LogP contribution in [-0.4, -0.2) is 56.3 Å². The number of imidazole rings is 1. The Bertz CT molecular complexity index is 914. The average molecular weight is 493 g/mol. The van der Waals surface area contributed by atoms with E-state index in [1.165, 1.54) is 0 Å². The zero-order valence-corrected chi connectivity index (χ0v) is 19.4. The van der Waals surface area contributed by atoms with Crippen molar-refractivity contribution in [2.75, 3.05) is 13.2 Å². The summed E-state index contributed by atoms with van der Waals surface area (Å²) in [7, 11) is 0. The molecule has 4 rings (SSSR count). The number of carboxylic acid groups (broad SMARTS) is 1. The van der Waals surface area contributed by atoms with E-state index in [1.54, 1.807) is 18.1 Å². The van der Waals surface area contributed by atoms with Crippen molar-refractivity contribution in [3.05, 3.63) is 40.8 Å². The third kappa shape index (κ3) is 4.17. The van der Waals surface area contributed by atoms with E-state index in [0.717, 1.165) is 35.0 Å². The SMILES string of the molecule is CC(C1CCOCC1)[N+](O)(C(=O)[O-])N1[C@@H](C)CC[C@H]1c1ncc(-c2ccc(Br)cc2)[nH]1. The van der Waals surface area contributed by atoms with Gasteiger partial charge in [-0.1, -0.05) is 32.8 Å². The lowest BCUT2D eigenvalue weighted by Crippen LogP contribution is -2.72. The number of carbonyl (C=O) groups is 1. The molecular formula is C22H29BrN4O4. The monoisotopic (exact) mass is 492 g/mol. The van der Waals surface area contributed by atoms with E-state index in [1.807, 2.05) is 31.2 Å². The highest BCUT2D eigenvalue weighted by Gasteiger charge is 2.55. The largest absolute Gasteiger partial charge is 0.494 e. The van der Waals surface area contributed by atoms with Gasteiger partial charge in [0, 0.05) is 23.6 Å². The molecule has 2 saturated heterocycles. The maximum Gasteiger partial charge on any atom is 0.313 e. The molecule has 0 radical (unpaired) electrons. The van der Waals surface area contributed by atoms with Gasteiger partial charge in [0.05, 0.1) is 17.9 Å². The second-order valence-corrected chi connectivity index (χ2v) is 9.53. The number of halogens is 1. The van der Waals surface area contributed by atoms with Gasteiger partial charge in [0.25, 0.3) is 0 Å². The van der Waals surface area contributed by atoms with Crippen molar-refractivity contribution in [1.82, 2.24) is 15.0 Å². The molecule has 4 atom stereocenters. The van der Waals surface area contributed by atoms with Crippen molar-refractivity contribution in [1.29, 1.82) is 0 Å². The molecule has 2 N–H and O–H groups in total. The van der Waals surface area contributed by atoms with E-state index >= 15 is 0 Å². The summed E-state index contributed by atoms with van der Waals surface area (Å²) in [4.78, 5) is 20.3. The first-order valence-corrected chi connectivity index (χ1v) is 11.6. The number of aromatic nitrogens is 2. The van der Waals surface area contributed by atoms with Gasteiger partial charge in [0.1, 0.15) is 17.9 Å². The normalized spacial score (nSPS) is 25.9. The molecule has 8 nitrogen and oxygen atoms in total. The molecule has 2 aliphatic rings. The van der Waals surface area contributed by atoms with Crippen molar-refractivity contribution >= 4 is 22.0 Å². The summed E-state index contributed by atoms with van der Waals surface area (Å²) >= 11 is 3.44. The zero-order valence-electron chi connectivity index (χ0n) is 17.8. The molecule has 2 unspecified atom stereocenters. The van der Waals surface area contributed by atoms with Gasteiger partial charge in [-0.15, -0.1) is 5.01 Å². The Morgan fingerprint density at radius 3 is 2.61 bits per heavy atom. The van der Waals surface area contributed by atoms with Crippen LogP contribution in [-0.2, 0) is 4.74 Å². The first-order valence-electron chi connectivity index (χ1n) is 10.8. The van der Waals surface area contributed by atoms with Gasteiger partial charge in [0.15, 0.2) is 0 Å². The second-order valence-electron chi connectivity index (χ2n) is 8.62. The first kappa shape index (κ1) is 22.4. The van der Waals surface area contributed by atoms with Crippen LogP contribution in [0.5, 0.6) is 0 Å². The summed E-state index contributed by atoms with van der Waals surface area (Å²) < 4.78 is 5.19. The molecule has 1 amide bonds. The van der Waals surface area contributed by atoms with E-state index < -0.39 is 16.9 Å². The number of rotatable bonds is 5. The van der Waals surface area contributed by atoms with Gasteiger partial charge >= 0.3 is 6.09 Å². The van der Waals surface area contributed by atoms with Crippen molar-refractivity contribution in [2.45, 2.75) is 57.7 Å². The molecule has 1 aromatic carbocycles. The fraction of sp³-hybridized carbons (Fsp3) is 0.545. The fourth-order valence-corrected chi connectivity index (χ4v) is 5.26. The molecule has 1 aromatic heterocycles. The van der Waals surface area contributed by atoms with E-state index in [-0.39, 0.29) is 18.0 Å². The van der Waals surface area contributed by atoms with Crippen LogP contribution in [0.2, 0.25) is 0 Å². The predicted octanol–water partition coefficient (Wildman–Crippen LogP) is 3.64. The summed E-state index contributed by atoms with van der Waals surface area (Å²) in [5.41, 5.74) is 1.84. The summed E-state index contributed by atoms with van der Waals surface area (Å²) in [5.74, 6) is 0.680. The molecule has 0 spiro atoms. The fourth-order valence-electron chi connectivity index (χ4n) is 4.99. The number of benzene rings is 1. The van der Waals surface area contributed by atoms with Crippen LogP contribution in [0.25, 0.3) is 11.3 Å². The number of nitrogens with one attached hydrogen (secondary N) is 1. The predicted molar refractivity (Wildman–Crippen MR) is 115 cm³/mol. The van der Waals surface area contributed by atoms with Gasteiger partial charge in [-0.05, 0) is 57.2 Å². The number of carbonyl (C=O) groups excluding carboxylic acids is 1. The topological polar surface area (TPSA) is 102 Å². The van der Waals surface area contributed by atoms with Crippen LogP contribution in [0, 0.1) is 5.92 Å². The minimum atomic E-state index is -1.50. The standard InChI is InChI=1S/C22H29BrN4O4/c1-14-3-8-20(21-24-13-19(25-21)17-4-6-18(23)7-5-17)26(14)27(30,22(28)29)15(2)16-9-11-31-12-10-16/h4-7,13-16,20,30H,3,8-12H2,1-2H3,(H-,24,25,28,29)/t14-,15?,20-,27?/m0/s1. The number of hydroxylamine groups is 2. The molecule has 0 saturated carbocycles. The smallest absolute Gasteiger partial charge is 0.313 e. The highest BCUT2D eigenvalue weighted by atomic mass is 79.9. The number of amides is 1. The molecule has 2 fully saturated rings. The Hall–Kier alpha value is -1.78. The Morgan fingerprint density at radius 1 is 1.29 bits per heavy atom. The number of aromatic amines is 1. The molecule has 2 aromatic rings. The number of quaternary nitrogens is 1. The summed E-state index contributed by atoms with van der Waals surface area (Å²) in [5, 5.41) is 25.6. The third-order valence-electron chi connectivity index (χ3n) is 6.83. The molecular weight excluding hydrogens is 464 g/mol. The summed E-state index contributed by atoms with van der Waals surface area (Å²) in [6, 6.07) is 6.83. The molecule has 0 bridgehead atoms. The zero-order chi connectivity index (χ0) is 22.2. The number of hydrogen-bond donors (Lipinski definition) is 2. The number of H-pyrrole nitrogens is 1. The Kier molecular flexibility index (Phi) is 6.50. The molecule has 0 aliphatic carbocycles. The van der Waals surface area contributed by atoms with Gasteiger partial charge in [-0.2, -0.15) is 5.21 Å². The lowest BCUT2D eigenvalue weighted by molar-refractivity contribution is -1.16. The Labute approximate surface area is 190 Å². The van der Waals surface area contributed by atoms with E-state index in [9.17, 15) is 15.1 Å². The lowest BCUT2D eigenvalue weighted by atomic mass is 9.92. The van der Waals surface area contributed by atoms with Crippen molar-refractivity contribution in [3.63, 3.8) is 0 Å². The highest BCUT2D eigenvalue weighted by molar-refractivity contribution is 9.10. The van der Waals surface area contributed by atoms with Crippen LogP contribution in [0.15, 0.2) is 34.9 Å². The van der Waals surface area contributed by atoms with Gasteiger partial charge < -0.3 is 19.6 Å². The minimum Gasteiger partial charge on any atom is -0.494 e. The molecule has 31 heavy (non-hydrogen) atoms. The van der Waals surface area contributed by atoms with E-state index in [4.69, 9.17) is 4.74 Å². The van der Waals surface area contributed by atoms with Crippen LogP contribution < -0.4 is 5.11 Å². The van der Waals surface area contributed by atoms with Crippen LogP contribution >= 0.6 is 15.9 Å². The van der Waals surface area contributed by atoms with Crippen molar-refractivity contribution in [3.8, 4) is 11.3 Å². The second kappa shape index (κ2) is 8.99. The van der Waals surface area contributed by atoms with Gasteiger partial charge in [0.2, 0.25) is 0 Å². The highest BCUT2D eigenvalue weighted by Crippen LogP contribution is 2.42. The van der Waals surface area contributed by atoms with Crippen LogP contribution in [0.3, 0.4) is 0 Å². The van der Waals surface area contributed by atoms with Gasteiger partial charge in [-0.3, -0.25) is 0 Å². The first-order chi connectivity index (χ1) is 14.8. The van der Waals surface area contributed by atoms with Crippen LogP contribution in [0.1, 0.15) is 51.4 Å². The lowest BCUT2D eigenvalue weighted by Gasteiger charge is -2.46. The van der Waals surface area contributed by atoms with E-state index in [2.05, 4.69) is 25.9 Å². The molecule has 3 heterocycles. The Morgan fingerprint density at radius 2 is 1.97 bits per heavy atom. The number of hydrogen-bond acceptors (Lipinski definition) is 6. The molecule has 9 heteroatoms. The van der Waals surface area contributed by atoms with Crippen molar-refractivity contribution in [2.24, 2.45) is 5.92 Å². The minimum absolute atomic E-state index is 0.0278. The number of ether oxygens (including phenoxy) is 1. The molecule has 168 valence electrons. The molecule has 2 aliphatic heterocycles. The van der Waals surface area contributed by atoms with Crippen LogP contribution in [0.4, 0.5) is 4.79 Å². The van der Waals surface area contributed by atoms with Gasteiger partial charge in [-0.25, -0.2) is 4.98 Å².